The lowest BCUT2D eigenvalue weighted by Gasteiger charge is -2.26. The third-order valence-electron chi connectivity index (χ3n) is 6.64. The summed E-state index contributed by atoms with van der Waals surface area (Å²) in [5.41, 5.74) is 5.36. The van der Waals surface area contributed by atoms with Gasteiger partial charge in [-0.25, -0.2) is 0 Å². The van der Waals surface area contributed by atoms with Crippen molar-refractivity contribution in [1.82, 2.24) is 4.98 Å². The van der Waals surface area contributed by atoms with E-state index in [1.165, 1.54) is 4.90 Å². The Morgan fingerprint density at radius 3 is 2.51 bits per heavy atom. The number of aromatic amines is 1. The number of aliphatic hydroxyl groups is 1. The molecule has 1 aliphatic rings. The molecule has 1 aliphatic heterocycles. The predicted octanol–water partition coefficient (Wildman–Crippen LogP) is 5.73. The average Bonchev–Trinajstić information content (AvgIpc) is 3.32. The SMILES string of the molecule is COc1cccc(N2C(=O)C(=O)/C(=C(/O)c3cc(C)ccc3C)C2c2c(C)[nH]c3ccccc23)c1. The third kappa shape index (κ3) is 3.58. The quantitative estimate of drug-likeness (QED) is 0.229. The number of ketones is 1. The molecule has 0 radical (unpaired) electrons. The average molecular weight is 467 g/mol. The van der Waals surface area contributed by atoms with E-state index in [0.29, 0.717) is 17.0 Å². The van der Waals surface area contributed by atoms with Gasteiger partial charge in [0, 0.05) is 39.5 Å². The van der Waals surface area contributed by atoms with Crippen LogP contribution in [0.3, 0.4) is 0 Å². The lowest BCUT2D eigenvalue weighted by molar-refractivity contribution is -0.132. The first-order chi connectivity index (χ1) is 16.8. The molecule has 176 valence electrons. The van der Waals surface area contributed by atoms with Crippen molar-refractivity contribution in [1.29, 1.82) is 0 Å². The molecule has 6 heteroatoms. The number of H-pyrrole nitrogens is 1. The molecule has 1 aromatic heterocycles. The van der Waals surface area contributed by atoms with Crippen LogP contribution in [-0.4, -0.2) is 28.9 Å². The predicted molar refractivity (Wildman–Crippen MR) is 137 cm³/mol. The molecule has 5 rings (SSSR count). The fourth-order valence-electron chi connectivity index (χ4n) is 4.92. The maximum Gasteiger partial charge on any atom is 0.300 e. The molecule has 2 N–H and O–H groups in total. The highest BCUT2D eigenvalue weighted by molar-refractivity contribution is 6.52. The Morgan fingerprint density at radius 2 is 1.74 bits per heavy atom. The second kappa shape index (κ2) is 8.47. The summed E-state index contributed by atoms with van der Waals surface area (Å²) in [4.78, 5) is 31.9. The minimum Gasteiger partial charge on any atom is -0.507 e. The number of methoxy groups -OCH3 is 1. The monoisotopic (exact) mass is 466 g/mol. The first-order valence-corrected chi connectivity index (χ1v) is 11.4. The summed E-state index contributed by atoms with van der Waals surface area (Å²) in [6, 6.07) is 19.7. The number of hydrogen-bond acceptors (Lipinski definition) is 4. The van der Waals surface area contributed by atoms with Crippen molar-refractivity contribution in [2.45, 2.75) is 26.8 Å². The van der Waals surface area contributed by atoms with Crippen LogP contribution in [0.1, 0.15) is 34.0 Å². The van der Waals surface area contributed by atoms with Crippen LogP contribution in [0.4, 0.5) is 5.69 Å². The number of nitrogens with zero attached hydrogens (tertiary/aromatic N) is 1. The summed E-state index contributed by atoms with van der Waals surface area (Å²) in [7, 11) is 1.55. The van der Waals surface area contributed by atoms with Crippen molar-refractivity contribution >= 4 is 34.0 Å². The highest BCUT2D eigenvalue weighted by Crippen LogP contribution is 2.46. The van der Waals surface area contributed by atoms with Gasteiger partial charge in [0.25, 0.3) is 11.7 Å². The molecule has 1 amide bonds. The van der Waals surface area contributed by atoms with E-state index in [-0.39, 0.29) is 11.3 Å². The van der Waals surface area contributed by atoms with Crippen molar-refractivity contribution in [3.63, 3.8) is 0 Å². The standard InChI is InChI=1S/C29H26N2O4/c1-16-12-13-17(2)22(14-16)27(32)25-26(24-18(3)30-23-11-6-5-10-21(23)24)31(29(34)28(25)33)19-8-7-9-20(15-19)35-4/h5-15,26,30,32H,1-4H3/b27-25+. The zero-order valence-electron chi connectivity index (χ0n) is 20.0. The molecule has 1 atom stereocenters. The Labute approximate surface area is 203 Å². The van der Waals surface area contributed by atoms with Gasteiger partial charge in [0.05, 0.1) is 18.7 Å². The molecule has 1 fully saturated rings. The molecule has 6 nitrogen and oxygen atoms in total. The number of amides is 1. The molecule has 1 unspecified atom stereocenters. The summed E-state index contributed by atoms with van der Waals surface area (Å²) in [5.74, 6) is -1.03. The van der Waals surface area contributed by atoms with Gasteiger partial charge in [-0.05, 0) is 50.6 Å². The minimum atomic E-state index is -0.821. The van der Waals surface area contributed by atoms with E-state index < -0.39 is 17.7 Å². The highest BCUT2D eigenvalue weighted by Gasteiger charge is 2.48. The number of fused-ring (bicyclic) bond motifs is 1. The van der Waals surface area contributed by atoms with Crippen molar-refractivity contribution in [3.8, 4) is 5.75 Å². The molecule has 4 aromatic rings. The van der Waals surface area contributed by atoms with Crippen molar-refractivity contribution in [2.24, 2.45) is 0 Å². The van der Waals surface area contributed by atoms with Crippen molar-refractivity contribution in [2.75, 3.05) is 12.0 Å². The number of para-hydroxylation sites is 1. The summed E-state index contributed by atoms with van der Waals surface area (Å²) >= 11 is 0. The Bertz CT molecular complexity index is 1530. The van der Waals surface area contributed by atoms with Gasteiger partial charge in [-0.3, -0.25) is 14.5 Å². The summed E-state index contributed by atoms with van der Waals surface area (Å²) < 4.78 is 5.38. The Hall–Kier alpha value is -4.32. The number of carbonyl (C=O) groups is 2. The minimum absolute atomic E-state index is 0.0689. The normalized spacial score (nSPS) is 17.4. The number of aliphatic hydroxyl groups excluding tert-OH is 1. The molecule has 0 aliphatic carbocycles. The van der Waals surface area contributed by atoms with Crippen LogP contribution < -0.4 is 9.64 Å². The number of ether oxygens (including phenoxy) is 1. The van der Waals surface area contributed by atoms with E-state index in [2.05, 4.69) is 4.98 Å². The summed E-state index contributed by atoms with van der Waals surface area (Å²) in [5, 5.41) is 12.4. The molecule has 0 bridgehead atoms. The van der Waals surface area contributed by atoms with Crippen LogP contribution in [0.15, 0.2) is 72.3 Å². The number of aromatic nitrogens is 1. The van der Waals surface area contributed by atoms with Gasteiger partial charge in [-0.2, -0.15) is 0 Å². The smallest absolute Gasteiger partial charge is 0.300 e. The van der Waals surface area contributed by atoms with Crippen LogP contribution in [0.2, 0.25) is 0 Å². The lowest BCUT2D eigenvalue weighted by Crippen LogP contribution is -2.29. The number of Topliss-reactive ketones (excluding diaryl/α,β-unsaturated/α-hetero) is 1. The van der Waals surface area contributed by atoms with Gasteiger partial charge in [-0.15, -0.1) is 0 Å². The number of nitrogens with one attached hydrogen (secondary N) is 1. The number of hydrogen-bond donors (Lipinski definition) is 2. The van der Waals surface area contributed by atoms with Crippen LogP contribution in [0.25, 0.3) is 16.7 Å². The highest BCUT2D eigenvalue weighted by atomic mass is 16.5. The molecular weight excluding hydrogens is 440 g/mol. The Balaban J connectivity index is 1.84. The Morgan fingerprint density at radius 1 is 0.971 bits per heavy atom. The number of benzene rings is 3. The molecule has 1 saturated heterocycles. The lowest BCUT2D eigenvalue weighted by atomic mass is 9.91. The van der Waals surface area contributed by atoms with Gasteiger partial charge < -0.3 is 14.8 Å². The topological polar surface area (TPSA) is 82.6 Å². The molecular formula is C29H26N2O4. The zero-order valence-corrected chi connectivity index (χ0v) is 20.0. The van der Waals surface area contributed by atoms with Crippen LogP contribution in [-0.2, 0) is 9.59 Å². The molecule has 35 heavy (non-hydrogen) atoms. The molecule has 0 spiro atoms. The molecule has 0 saturated carbocycles. The van der Waals surface area contributed by atoms with Gasteiger partial charge >= 0.3 is 0 Å². The van der Waals surface area contributed by atoms with Crippen LogP contribution >= 0.6 is 0 Å². The van der Waals surface area contributed by atoms with Crippen molar-refractivity contribution in [3.05, 3.63) is 100 Å². The van der Waals surface area contributed by atoms with Crippen LogP contribution in [0, 0.1) is 20.8 Å². The fourth-order valence-corrected chi connectivity index (χ4v) is 4.92. The number of rotatable bonds is 4. The van der Waals surface area contributed by atoms with Gasteiger partial charge in [0.2, 0.25) is 0 Å². The number of carbonyl (C=O) groups excluding carboxylic acids is 2. The second-order valence-electron chi connectivity index (χ2n) is 8.90. The van der Waals surface area contributed by atoms with E-state index >= 15 is 0 Å². The first kappa shape index (κ1) is 22.5. The van der Waals surface area contributed by atoms with Gasteiger partial charge in [0.1, 0.15) is 11.5 Å². The third-order valence-corrected chi connectivity index (χ3v) is 6.64. The molecule has 2 heterocycles. The summed E-state index contributed by atoms with van der Waals surface area (Å²) in [6.07, 6.45) is 0. The zero-order chi connectivity index (χ0) is 24.9. The maximum atomic E-state index is 13.6. The summed E-state index contributed by atoms with van der Waals surface area (Å²) in [6.45, 7) is 5.71. The van der Waals surface area contributed by atoms with Crippen LogP contribution in [0.5, 0.6) is 5.75 Å². The van der Waals surface area contributed by atoms with Gasteiger partial charge in [-0.1, -0.05) is 42.0 Å². The number of anilines is 1. The fraction of sp³-hybridized carbons (Fsp3) is 0.172. The van der Waals surface area contributed by atoms with E-state index in [9.17, 15) is 14.7 Å². The number of aryl methyl sites for hydroxylation is 3. The van der Waals surface area contributed by atoms with E-state index in [4.69, 9.17) is 4.74 Å². The first-order valence-electron chi connectivity index (χ1n) is 11.4. The van der Waals surface area contributed by atoms with E-state index in [1.807, 2.05) is 63.2 Å². The largest absolute Gasteiger partial charge is 0.507 e. The van der Waals surface area contributed by atoms with E-state index in [0.717, 1.165) is 33.3 Å². The second-order valence-corrected chi connectivity index (χ2v) is 8.90. The van der Waals surface area contributed by atoms with E-state index in [1.54, 1.807) is 31.4 Å². The van der Waals surface area contributed by atoms with Crippen molar-refractivity contribution < 1.29 is 19.4 Å². The maximum absolute atomic E-state index is 13.6. The molecule has 3 aromatic carbocycles. The Kier molecular flexibility index (Phi) is 5.44. The van der Waals surface area contributed by atoms with Gasteiger partial charge in [0.15, 0.2) is 0 Å².